The molecule has 2 heterocycles. The molecule has 0 amide bonds. The van der Waals surface area contributed by atoms with Crippen molar-refractivity contribution in [1.82, 2.24) is 0 Å². The van der Waals surface area contributed by atoms with E-state index >= 15 is 0 Å². The average Bonchev–Trinajstić information content (AvgIpc) is 3.03. The number of rotatable bonds is 5. The van der Waals surface area contributed by atoms with Crippen LogP contribution >= 0.6 is 0 Å². The second-order valence-corrected chi connectivity index (χ2v) is 3.15. The zero-order chi connectivity index (χ0) is 12.1. The summed E-state index contributed by atoms with van der Waals surface area (Å²) in [6.07, 6.45) is -4.50. The van der Waals surface area contributed by atoms with Crippen LogP contribution in [0.2, 0.25) is 0 Å². The van der Waals surface area contributed by atoms with Gasteiger partial charge in [0.15, 0.2) is 12.2 Å². The SMILES string of the molecule is O=C(O)[C@@H](O)[C@@H](O)C1(C2(C(=O)O)OO2)OO1. The zero-order valence-corrected chi connectivity index (χ0v) is 7.39. The molecule has 0 saturated carbocycles. The lowest BCUT2D eigenvalue weighted by molar-refractivity contribution is -0.165. The van der Waals surface area contributed by atoms with E-state index < -0.39 is 35.7 Å². The van der Waals surface area contributed by atoms with E-state index in [9.17, 15) is 14.7 Å². The highest BCUT2D eigenvalue weighted by molar-refractivity contribution is 5.80. The second-order valence-electron chi connectivity index (χ2n) is 3.15. The first-order valence-electron chi connectivity index (χ1n) is 3.93. The molecule has 0 aromatic rings. The van der Waals surface area contributed by atoms with E-state index in [4.69, 9.17) is 15.3 Å². The van der Waals surface area contributed by atoms with Crippen LogP contribution in [0.4, 0.5) is 0 Å². The highest BCUT2D eigenvalue weighted by atomic mass is 17.5. The molecule has 16 heavy (non-hydrogen) atoms. The van der Waals surface area contributed by atoms with Gasteiger partial charge in [-0.15, -0.1) is 0 Å². The Morgan fingerprint density at radius 1 is 1.00 bits per heavy atom. The minimum Gasteiger partial charge on any atom is -0.479 e. The summed E-state index contributed by atoms with van der Waals surface area (Å²) in [7, 11) is 0. The normalized spacial score (nSPS) is 27.9. The Morgan fingerprint density at radius 3 is 1.75 bits per heavy atom. The van der Waals surface area contributed by atoms with Gasteiger partial charge in [-0.2, -0.15) is 19.6 Å². The Bertz CT molecular complexity index is 341. The Balaban J connectivity index is 2.21. The van der Waals surface area contributed by atoms with Gasteiger partial charge in [0.05, 0.1) is 0 Å². The van der Waals surface area contributed by atoms with E-state index in [0.29, 0.717) is 0 Å². The molecule has 10 heteroatoms. The molecular weight excluding hydrogens is 232 g/mol. The number of aliphatic carboxylic acids is 2. The first-order chi connectivity index (χ1) is 7.37. The van der Waals surface area contributed by atoms with E-state index in [-0.39, 0.29) is 0 Å². The molecule has 0 aromatic heterocycles. The fraction of sp³-hybridized carbons (Fsp3) is 0.667. The van der Waals surface area contributed by atoms with E-state index in [1.165, 1.54) is 0 Å². The van der Waals surface area contributed by atoms with E-state index in [1.807, 2.05) is 0 Å². The molecule has 90 valence electrons. The summed E-state index contributed by atoms with van der Waals surface area (Å²) in [6, 6.07) is 0. The van der Waals surface area contributed by atoms with Crippen molar-refractivity contribution in [2.24, 2.45) is 0 Å². The third-order valence-electron chi connectivity index (χ3n) is 2.19. The molecule has 4 N–H and O–H groups in total. The summed E-state index contributed by atoms with van der Waals surface area (Å²) in [5.74, 6) is -8.31. The second kappa shape index (κ2) is 3.10. The minimum absolute atomic E-state index is 1.69. The summed E-state index contributed by atoms with van der Waals surface area (Å²) >= 11 is 0. The minimum atomic E-state index is -2.46. The van der Waals surface area contributed by atoms with Gasteiger partial charge in [0.1, 0.15) is 0 Å². The van der Waals surface area contributed by atoms with Crippen LogP contribution in [0, 0.1) is 0 Å². The predicted molar refractivity (Wildman–Crippen MR) is 37.1 cm³/mol. The van der Waals surface area contributed by atoms with Crippen molar-refractivity contribution in [1.29, 1.82) is 0 Å². The van der Waals surface area contributed by atoms with Crippen LogP contribution in [-0.2, 0) is 29.1 Å². The maximum absolute atomic E-state index is 10.7. The first kappa shape index (κ1) is 11.2. The molecule has 0 aliphatic carbocycles. The van der Waals surface area contributed by atoms with Crippen molar-refractivity contribution in [3.05, 3.63) is 0 Å². The molecule has 2 saturated heterocycles. The quantitative estimate of drug-likeness (QED) is 0.290. The van der Waals surface area contributed by atoms with Gasteiger partial charge >= 0.3 is 23.5 Å². The average molecular weight is 238 g/mol. The number of carbonyl (C=O) groups is 2. The lowest BCUT2D eigenvalue weighted by atomic mass is 9.98. The Kier molecular flexibility index (Phi) is 2.17. The van der Waals surface area contributed by atoms with Crippen LogP contribution in [0.1, 0.15) is 0 Å². The molecule has 10 nitrogen and oxygen atoms in total. The molecule has 0 unspecified atom stereocenters. The number of aliphatic hydroxyl groups is 2. The fourth-order valence-corrected chi connectivity index (χ4v) is 1.17. The molecule has 0 spiro atoms. The molecule has 2 aliphatic rings. The summed E-state index contributed by atoms with van der Waals surface area (Å²) in [6.45, 7) is 0. The van der Waals surface area contributed by atoms with Crippen molar-refractivity contribution >= 4 is 11.9 Å². The van der Waals surface area contributed by atoms with Gasteiger partial charge < -0.3 is 20.4 Å². The fourth-order valence-electron chi connectivity index (χ4n) is 1.17. The highest BCUT2D eigenvalue weighted by Gasteiger charge is 2.86. The Hall–Kier alpha value is -1.30. The maximum Gasteiger partial charge on any atom is 0.389 e. The monoisotopic (exact) mass is 238 g/mol. The topological polar surface area (TPSA) is 165 Å². The lowest BCUT2D eigenvalue weighted by Gasteiger charge is -2.17. The van der Waals surface area contributed by atoms with Gasteiger partial charge in [0.25, 0.3) is 0 Å². The summed E-state index contributed by atoms with van der Waals surface area (Å²) in [4.78, 5) is 37.8. The van der Waals surface area contributed by atoms with Crippen LogP contribution in [0.25, 0.3) is 0 Å². The third-order valence-corrected chi connectivity index (χ3v) is 2.19. The number of carboxylic acid groups (broad SMARTS) is 2. The van der Waals surface area contributed by atoms with Crippen LogP contribution in [0.3, 0.4) is 0 Å². The predicted octanol–water partition coefficient (Wildman–Crippen LogP) is -2.81. The van der Waals surface area contributed by atoms with Gasteiger partial charge in [-0.3, -0.25) is 0 Å². The van der Waals surface area contributed by atoms with Gasteiger partial charge in [0.2, 0.25) is 0 Å². The standard InChI is InChI=1S/C6H6O10/c7-1(3(9)10)2(8)5(13-14-5)6(4(11)12)15-16-6/h1-2,7-8H,(H,9,10)(H,11,12)/t1-,2+/m0/s1. The first-order valence-corrected chi connectivity index (χ1v) is 3.93. The molecule has 2 aliphatic heterocycles. The van der Waals surface area contributed by atoms with Crippen LogP contribution in [0.15, 0.2) is 0 Å². The number of hydrogen-bond acceptors (Lipinski definition) is 8. The van der Waals surface area contributed by atoms with Crippen LogP contribution < -0.4 is 0 Å². The van der Waals surface area contributed by atoms with Crippen LogP contribution in [0.5, 0.6) is 0 Å². The molecule has 2 fully saturated rings. The number of hydrogen-bond donors (Lipinski definition) is 4. The highest BCUT2D eigenvalue weighted by Crippen LogP contribution is 2.54. The van der Waals surface area contributed by atoms with Gasteiger partial charge in [0, 0.05) is 0 Å². The number of aliphatic hydroxyl groups excluding tert-OH is 2. The van der Waals surface area contributed by atoms with Gasteiger partial charge in [-0.05, 0) is 0 Å². The van der Waals surface area contributed by atoms with E-state index in [0.717, 1.165) is 0 Å². The van der Waals surface area contributed by atoms with Crippen molar-refractivity contribution in [2.45, 2.75) is 23.8 Å². The summed E-state index contributed by atoms with van der Waals surface area (Å²) in [5.41, 5.74) is 0. The molecule has 0 bridgehead atoms. The van der Waals surface area contributed by atoms with Crippen molar-refractivity contribution in [3.8, 4) is 0 Å². The summed E-state index contributed by atoms with van der Waals surface area (Å²) < 4.78 is 0. The van der Waals surface area contributed by atoms with E-state index in [1.54, 1.807) is 0 Å². The zero-order valence-electron chi connectivity index (χ0n) is 7.39. The molecule has 0 aromatic carbocycles. The van der Waals surface area contributed by atoms with Gasteiger partial charge in [-0.1, -0.05) is 0 Å². The summed E-state index contributed by atoms with van der Waals surface area (Å²) in [5, 5.41) is 35.5. The van der Waals surface area contributed by atoms with Crippen molar-refractivity contribution in [2.75, 3.05) is 0 Å². The largest absolute Gasteiger partial charge is 0.479 e. The lowest BCUT2D eigenvalue weighted by Crippen LogP contribution is -2.55. The van der Waals surface area contributed by atoms with Gasteiger partial charge in [-0.25, -0.2) is 9.59 Å². The maximum atomic E-state index is 10.7. The smallest absolute Gasteiger partial charge is 0.389 e. The van der Waals surface area contributed by atoms with E-state index in [2.05, 4.69) is 19.6 Å². The molecular formula is C6H6O10. The Labute approximate surface area is 86.4 Å². The molecule has 2 atom stereocenters. The van der Waals surface area contributed by atoms with Crippen molar-refractivity contribution in [3.63, 3.8) is 0 Å². The number of carboxylic acids is 2. The molecule has 2 rings (SSSR count). The van der Waals surface area contributed by atoms with Crippen molar-refractivity contribution < 1.29 is 49.6 Å². The Morgan fingerprint density at radius 2 is 1.50 bits per heavy atom. The third kappa shape index (κ3) is 1.22. The molecule has 0 radical (unpaired) electrons. The van der Waals surface area contributed by atoms with Crippen LogP contribution in [-0.4, -0.2) is 56.1 Å².